The maximum Gasteiger partial charge on any atom is 0.133 e. The fourth-order valence-electron chi connectivity index (χ4n) is 3.51. The predicted molar refractivity (Wildman–Crippen MR) is 105 cm³/mol. The summed E-state index contributed by atoms with van der Waals surface area (Å²) in [5.74, 6) is 1.81. The van der Waals surface area contributed by atoms with E-state index in [1.807, 2.05) is 37.3 Å². The van der Waals surface area contributed by atoms with Gasteiger partial charge in [0.25, 0.3) is 0 Å². The van der Waals surface area contributed by atoms with Crippen molar-refractivity contribution in [1.29, 1.82) is 0 Å². The van der Waals surface area contributed by atoms with Crippen LogP contribution < -0.4 is 10.2 Å². The number of nitrogens with zero attached hydrogens (tertiary/aromatic N) is 5. The maximum atomic E-state index is 4.46. The van der Waals surface area contributed by atoms with E-state index in [1.165, 1.54) is 10.9 Å². The van der Waals surface area contributed by atoms with Crippen LogP contribution in [0.3, 0.4) is 0 Å². The van der Waals surface area contributed by atoms with Gasteiger partial charge in [0.05, 0.1) is 5.52 Å². The zero-order valence-electron chi connectivity index (χ0n) is 15.3. The monoisotopic (exact) mass is 348 g/mol. The van der Waals surface area contributed by atoms with Gasteiger partial charge in [-0.15, -0.1) is 0 Å². The van der Waals surface area contributed by atoms with Gasteiger partial charge in [-0.2, -0.15) is 0 Å². The Labute approximate surface area is 153 Å². The van der Waals surface area contributed by atoms with E-state index < -0.39 is 0 Å². The van der Waals surface area contributed by atoms with E-state index in [1.54, 1.807) is 6.33 Å². The van der Waals surface area contributed by atoms with Crippen LogP contribution in [0.15, 0.2) is 48.9 Å². The molecule has 6 heteroatoms. The number of benzene rings is 1. The van der Waals surface area contributed by atoms with Crippen LogP contribution in [0.2, 0.25) is 0 Å². The van der Waals surface area contributed by atoms with Gasteiger partial charge < -0.3 is 10.2 Å². The summed E-state index contributed by atoms with van der Waals surface area (Å²) in [5.41, 5.74) is 2.41. The molecule has 1 N–H and O–H groups in total. The van der Waals surface area contributed by atoms with Crippen LogP contribution in [0.1, 0.15) is 12.0 Å². The molecule has 1 unspecified atom stereocenters. The summed E-state index contributed by atoms with van der Waals surface area (Å²) in [4.78, 5) is 17.6. The van der Waals surface area contributed by atoms with Gasteiger partial charge in [-0.25, -0.2) is 9.97 Å². The molecule has 0 radical (unpaired) electrons. The summed E-state index contributed by atoms with van der Waals surface area (Å²) in [6.07, 6.45) is 4.64. The average molecular weight is 348 g/mol. The lowest BCUT2D eigenvalue weighted by Gasteiger charge is -2.18. The number of likely N-dealkylation sites (tertiary alicyclic amines) is 1. The highest BCUT2D eigenvalue weighted by molar-refractivity contribution is 5.81. The molecule has 3 heterocycles. The first-order valence-electron chi connectivity index (χ1n) is 9.00. The third-order valence-electron chi connectivity index (χ3n) is 4.87. The Kier molecular flexibility index (Phi) is 4.67. The molecule has 0 amide bonds. The third kappa shape index (κ3) is 3.60. The molecule has 1 aromatic carbocycles. The van der Waals surface area contributed by atoms with Crippen LogP contribution in [-0.2, 0) is 6.54 Å². The minimum atomic E-state index is 0.410. The number of anilines is 2. The molecule has 0 aliphatic carbocycles. The lowest BCUT2D eigenvalue weighted by molar-refractivity contribution is 0.330. The Morgan fingerprint density at radius 1 is 1.15 bits per heavy atom. The molecule has 0 saturated carbocycles. The fourth-order valence-corrected chi connectivity index (χ4v) is 3.51. The summed E-state index contributed by atoms with van der Waals surface area (Å²) in [6.45, 7) is 3.05. The molecule has 1 aliphatic heterocycles. The van der Waals surface area contributed by atoms with E-state index in [0.29, 0.717) is 6.04 Å². The van der Waals surface area contributed by atoms with Crippen molar-refractivity contribution in [2.75, 3.05) is 37.4 Å². The Morgan fingerprint density at radius 3 is 2.92 bits per heavy atom. The molecular weight excluding hydrogens is 324 g/mol. The van der Waals surface area contributed by atoms with Crippen molar-refractivity contribution in [3.8, 4) is 0 Å². The molecule has 1 atom stereocenters. The first-order valence-corrected chi connectivity index (χ1v) is 9.00. The highest BCUT2D eigenvalue weighted by atomic mass is 15.2. The number of aromatic nitrogens is 3. The van der Waals surface area contributed by atoms with E-state index in [2.05, 4.69) is 49.4 Å². The van der Waals surface area contributed by atoms with Gasteiger partial charge in [-0.3, -0.25) is 9.88 Å². The van der Waals surface area contributed by atoms with Crippen molar-refractivity contribution in [3.05, 3.63) is 54.5 Å². The van der Waals surface area contributed by atoms with Crippen molar-refractivity contribution < 1.29 is 0 Å². The molecule has 4 rings (SSSR count). The minimum absolute atomic E-state index is 0.410. The van der Waals surface area contributed by atoms with Gasteiger partial charge in [0.2, 0.25) is 0 Å². The van der Waals surface area contributed by atoms with Crippen molar-refractivity contribution in [3.63, 3.8) is 0 Å². The second kappa shape index (κ2) is 7.25. The molecule has 2 aromatic heterocycles. The molecule has 26 heavy (non-hydrogen) atoms. The quantitative estimate of drug-likeness (QED) is 0.765. The average Bonchev–Trinajstić information content (AvgIpc) is 3.09. The SMILES string of the molecule is CN(C)c1cc(NC2CCN(Cc3ccnc4ccccc34)C2)ncn1. The summed E-state index contributed by atoms with van der Waals surface area (Å²) < 4.78 is 0. The van der Waals surface area contributed by atoms with Crippen LogP contribution in [0, 0.1) is 0 Å². The van der Waals surface area contributed by atoms with Crippen LogP contribution >= 0.6 is 0 Å². The number of para-hydroxylation sites is 1. The summed E-state index contributed by atoms with van der Waals surface area (Å²) >= 11 is 0. The molecular formula is C20H24N6. The summed E-state index contributed by atoms with van der Waals surface area (Å²) in [7, 11) is 3.98. The van der Waals surface area contributed by atoms with Crippen LogP contribution in [0.4, 0.5) is 11.6 Å². The minimum Gasteiger partial charge on any atom is -0.366 e. The number of fused-ring (bicyclic) bond motifs is 1. The number of rotatable bonds is 5. The van der Waals surface area contributed by atoms with Gasteiger partial charge in [0.1, 0.15) is 18.0 Å². The second-order valence-corrected chi connectivity index (χ2v) is 7.01. The summed E-state index contributed by atoms with van der Waals surface area (Å²) in [5, 5.41) is 4.81. The molecule has 1 aliphatic rings. The normalized spacial score (nSPS) is 17.5. The topological polar surface area (TPSA) is 57.2 Å². The molecule has 3 aromatic rings. The number of nitrogens with one attached hydrogen (secondary N) is 1. The standard InChI is InChI=1S/C20H24N6/c1-25(2)20-11-19(22-14-23-20)24-16-8-10-26(13-16)12-15-7-9-21-18-6-4-3-5-17(15)18/h3-7,9,11,14,16H,8,10,12-13H2,1-2H3,(H,22,23,24). The van der Waals surface area contributed by atoms with Gasteiger partial charge >= 0.3 is 0 Å². The fraction of sp³-hybridized carbons (Fsp3) is 0.350. The first kappa shape index (κ1) is 16.7. The largest absolute Gasteiger partial charge is 0.366 e. The van der Waals surface area contributed by atoms with Gasteiger partial charge in [-0.1, -0.05) is 18.2 Å². The first-order chi connectivity index (χ1) is 12.7. The van der Waals surface area contributed by atoms with E-state index in [9.17, 15) is 0 Å². The van der Waals surface area contributed by atoms with Crippen molar-refractivity contribution in [2.24, 2.45) is 0 Å². The van der Waals surface area contributed by atoms with Crippen LogP contribution in [-0.4, -0.2) is 53.1 Å². The zero-order chi connectivity index (χ0) is 17.9. The Balaban J connectivity index is 1.41. The molecule has 1 saturated heterocycles. The van der Waals surface area contributed by atoms with Gasteiger partial charge in [-0.05, 0) is 24.1 Å². The molecule has 0 bridgehead atoms. The summed E-state index contributed by atoms with van der Waals surface area (Å²) in [6, 6.07) is 12.9. The second-order valence-electron chi connectivity index (χ2n) is 7.01. The zero-order valence-corrected chi connectivity index (χ0v) is 15.3. The van der Waals surface area contributed by atoms with E-state index in [0.717, 1.165) is 43.2 Å². The van der Waals surface area contributed by atoms with Crippen molar-refractivity contribution in [2.45, 2.75) is 19.0 Å². The van der Waals surface area contributed by atoms with E-state index in [4.69, 9.17) is 0 Å². The highest BCUT2D eigenvalue weighted by Crippen LogP contribution is 2.22. The smallest absolute Gasteiger partial charge is 0.133 e. The maximum absolute atomic E-state index is 4.46. The highest BCUT2D eigenvalue weighted by Gasteiger charge is 2.23. The number of hydrogen-bond donors (Lipinski definition) is 1. The van der Waals surface area contributed by atoms with Crippen molar-refractivity contribution in [1.82, 2.24) is 19.9 Å². The number of hydrogen-bond acceptors (Lipinski definition) is 6. The molecule has 134 valence electrons. The van der Waals surface area contributed by atoms with Crippen molar-refractivity contribution >= 4 is 22.5 Å². The third-order valence-corrected chi connectivity index (χ3v) is 4.87. The lowest BCUT2D eigenvalue weighted by atomic mass is 10.1. The Morgan fingerprint density at radius 2 is 2.04 bits per heavy atom. The Bertz CT molecular complexity index is 889. The molecule has 0 spiro atoms. The number of pyridine rings is 1. The van der Waals surface area contributed by atoms with Crippen LogP contribution in [0.25, 0.3) is 10.9 Å². The van der Waals surface area contributed by atoms with Crippen LogP contribution in [0.5, 0.6) is 0 Å². The lowest BCUT2D eigenvalue weighted by Crippen LogP contribution is -2.26. The predicted octanol–water partition coefficient (Wildman–Crippen LogP) is 2.78. The van der Waals surface area contributed by atoms with E-state index >= 15 is 0 Å². The van der Waals surface area contributed by atoms with Gasteiger partial charge in [0.15, 0.2) is 0 Å². The Hall–Kier alpha value is -2.73. The molecule has 1 fully saturated rings. The molecule has 6 nitrogen and oxygen atoms in total. The van der Waals surface area contributed by atoms with E-state index in [-0.39, 0.29) is 0 Å². The van der Waals surface area contributed by atoms with Gasteiger partial charge in [0, 0.05) is 57.4 Å².